The lowest BCUT2D eigenvalue weighted by Gasteiger charge is -2.57. The number of fused-ring (bicyclic) bond motifs is 1. The second kappa shape index (κ2) is 6.98. The number of nitrogens with one attached hydrogen (secondary N) is 1. The van der Waals surface area contributed by atoms with E-state index >= 15 is 0 Å². The zero-order valence-electron chi connectivity index (χ0n) is 16.6. The van der Waals surface area contributed by atoms with Crippen molar-refractivity contribution in [1.29, 1.82) is 0 Å². The Morgan fingerprint density at radius 3 is 2.25 bits per heavy atom. The van der Waals surface area contributed by atoms with Gasteiger partial charge < -0.3 is 14.8 Å². The number of halogens is 1. The van der Waals surface area contributed by atoms with Crippen molar-refractivity contribution in [3.63, 3.8) is 0 Å². The first kappa shape index (κ1) is 18.9. The average molecular weight is 406 g/mol. The SMILES string of the molecule is Cl.O=C(N1CCC(c2nnc3n2CCNC3)CC1)C12CC3CC(CC(C3)C1)C2. The van der Waals surface area contributed by atoms with Crippen LogP contribution in [-0.2, 0) is 17.9 Å². The Labute approximate surface area is 173 Å². The number of piperidine rings is 1. The number of amides is 1. The van der Waals surface area contributed by atoms with Crippen LogP contribution in [0.2, 0.25) is 0 Å². The highest BCUT2D eigenvalue weighted by Crippen LogP contribution is 2.60. The van der Waals surface area contributed by atoms with E-state index in [1.165, 1.54) is 38.5 Å². The van der Waals surface area contributed by atoms with Crippen LogP contribution in [-0.4, -0.2) is 45.2 Å². The first-order valence-corrected chi connectivity index (χ1v) is 11.1. The van der Waals surface area contributed by atoms with E-state index in [4.69, 9.17) is 0 Å². The second-order valence-electron chi connectivity index (χ2n) is 10.1. The predicted octanol–water partition coefficient (Wildman–Crippen LogP) is 2.73. The van der Waals surface area contributed by atoms with Gasteiger partial charge in [-0.3, -0.25) is 4.79 Å². The molecular formula is C21H32ClN5O. The molecule has 2 aliphatic heterocycles. The number of aromatic nitrogens is 3. The Bertz CT molecular complexity index is 719. The van der Waals surface area contributed by atoms with Crippen LogP contribution in [0.15, 0.2) is 0 Å². The van der Waals surface area contributed by atoms with Crippen LogP contribution in [0.1, 0.15) is 68.9 Å². The van der Waals surface area contributed by atoms with Crippen molar-refractivity contribution < 1.29 is 4.79 Å². The van der Waals surface area contributed by atoms with Crippen molar-refractivity contribution in [3.05, 3.63) is 11.6 Å². The number of likely N-dealkylation sites (tertiary alicyclic amines) is 1. The molecule has 7 heteroatoms. The molecule has 1 aromatic rings. The first-order chi connectivity index (χ1) is 13.2. The monoisotopic (exact) mass is 405 g/mol. The summed E-state index contributed by atoms with van der Waals surface area (Å²) in [5, 5.41) is 12.3. The Morgan fingerprint density at radius 2 is 1.61 bits per heavy atom. The van der Waals surface area contributed by atoms with Gasteiger partial charge in [-0.05, 0) is 69.1 Å². The number of nitrogens with zero attached hydrogens (tertiary/aromatic N) is 4. The Kier molecular flexibility index (Phi) is 4.70. The highest BCUT2D eigenvalue weighted by Gasteiger charge is 2.55. The molecule has 28 heavy (non-hydrogen) atoms. The second-order valence-corrected chi connectivity index (χ2v) is 10.1. The van der Waals surface area contributed by atoms with E-state index in [1.54, 1.807) is 0 Å². The zero-order valence-corrected chi connectivity index (χ0v) is 17.4. The molecule has 4 aliphatic carbocycles. The molecule has 1 amide bonds. The third-order valence-electron chi connectivity index (χ3n) is 8.29. The summed E-state index contributed by atoms with van der Waals surface area (Å²) in [6.45, 7) is 4.62. The molecule has 1 saturated heterocycles. The lowest BCUT2D eigenvalue weighted by atomic mass is 9.49. The van der Waals surface area contributed by atoms with Crippen molar-refractivity contribution in [1.82, 2.24) is 25.0 Å². The van der Waals surface area contributed by atoms with Crippen molar-refractivity contribution >= 4 is 18.3 Å². The standard InChI is InChI=1S/C21H31N5O.ClH/c27-20(21-10-14-7-15(11-21)9-16(8-14)12-21)25-4-1-17(2-5-25)19-24-23-18-13-22-3-6-26(18)19;/h14-17,22H,1-13H2;1H. The molecule has 0 aromatic carbocycles. The summed E-state index contributed by atoms with van der Waals surface area (Å²) in [6.07, 6.45) is 9.85. The summed E-state index contributed by atoms with van der Waals surface area (Å²) in [4.78, 5) is 15.8. The smallest absolute Gasteiger partial charge is 0.228 e. The Hall–Kier alpha value is -1.14. The van der Waals surface area contributed by atoms with Crippen LogP contribution in [0.3, 0.4) is 0 Å². The maximum absolute atomic E-state index is 13.6. The number of hydrogen-bond donors (Lipinski definition) is 1. The van der Waals surface area contributed by atoms with E-state index in [2.05, 4.69) is 25.0 Å². The molecule has 7 rings (SSSR count). The molecule has 0 atom stereocenters. The summed E-state index contributed by atoms with van der Waals surface area (Å²) in [6, 6.07) is 0. The maximum Gasteiger partial charge on any atom is 0.228 e. The normalized spacial score (nSPS) is 36.9. The molecular weight excluding hydrogens is 374 g/mol. The molecule has 6 aliphatic rings. The quantitative estimate of drug-likeness (QED) is 0.821. The van der Waals surface area contributed by atoms with Crippen LogP contribution in [0, 0.1) is 23.2 Å². The highest BCUT2D eigenvalue weighted by atomic mass is 35.5. The first-order valence-electron chi connectivity index (χ1n) is 11.1. The van der Waals surface area contributed by atoms with E-state index < -0.39 is 0 Å². The van der Waals surface area contributed by atoms with E-state index in [0.29, 0.717) is 11.8 Å². The van der Waals surface area contributed by atoms with E-state index in [0.717, 1.165) is 75.0 Å². The summed E-state index contributed by atoms with van der Waals surface area (Å²) >= 11 is 0. The van der Waals surface area contributed by atoms with Gasteiger partial charge in [0.2, 0.25) is 5.91 Å². The Morgan fingerprint density at radius 1 is 0.964 bits per heavy atom. The summed E-state index contributed by atoms with van der Waals surface area (Å²) < 4.78 is 2.32. The van der Waals surface area contributed by atoms with Crippen LogP contribution < -0.4 is 5.32 Å². The minimum atomic E-state index is 0. The minimum Gasteiger partial charge on any atom is -0.342 e. The summed E-state index contributed by atoms with van der Waals surface area (Å²) in [5.41, 5.74) is 0.0152. The van der Waals surface area contributed by atoms with Crippen LogP contribution in [0.4, 0.5) is 0 Å². The van der Waals surface area contributed by atoms with Crippen molar-refractivity contribution in [2.45, 2.75) is 70.4 Å². The lowest BCUT2D eigenvalue weighted by Crippen LogP contribution is -2.55. The van der Waals surface area contributed by atoms with E-state index in [1.807, 2.05) is 0 Å². The van der Waals surface area contributed by atoms with Gasteiger partial charge in [-0.2, -0.15) is 0 Å². The van der Waals surface area contributed by atoms with Gasteiger partial charge in [-0.1, -0.05) is 0 Å². The highest BCUT2D eigenvalue weighted by molar-refractivity contribution is 5.85. The van der Waals surface area contributed by atoms with Gasteiger partial charge in [0.15, 0.2) is 0 Å². The lowest BCUT2D eigenvalue weighted by molar-refractivity contribution is -0.158. The fourth-order valence-electron chi connectivity index (χ4n) is 7.47. The molecule has 154 valence electrons. The van der Waals surface area contributed by atoms with Crippen LogP contribution in [0.5, 0.6) is 0 Å². The van der Waals surface area contributed by atoms with Crippen LogP contribution in [0.25, 0.3) is 0 Å². The topological polar surface area (TPSA) is 63.1 Å². The van der Waals surface area contributed by atoms with Crippen molar-refractivity contribution in [3.8, 4) is 0 Å². The molecule has 4 bridgehead atoms. The Balaban J connectivity index is 0.00000171. The number of hydrogen-bond acceptors (Lipinski definition) is 4. The van der Waals surface area contributed by atoms with Crippen molar-refractivity contribution in [2.75, 3.05) is 19.6 Å². The van der Waals surface area contributed by atoms with Gasteiger partial charge in [0.25, 0.3) is 0 Å². The largest absolute Gasteiger partial charge is 0.342 e. The van der Waals surface area contributed by atoms with Gasteiger partial charge >= 0.3 is 0 Å². The molecule has 0 spiro atoms. The number of carbonyl (C=O) groups is 1. The van der Waals surface area contributed by atoms with Crippen LogP contribution >= 0.6 is 12.4 Å². The van der Waals surface area contributed by atoms with Gasteiger partial charge in [-0.15, -0.1) is 22.6 Å². The molecule has 0 radical (unpaired) electrons. The molecule has 0 unspecified atom stereocenters. The predicted molar refractivity (Wildman–Crippen MR) is 108 cm³/mol. The van der Waals surface area contributed by atoms with Gasteiger partial charge in [0, 0.05) is 32.1 Å². The molecule has 1 aromatic heterocycles. The average Bonchev–Trinajstić information content (AvgIpc) is 3.11. The third-order valence-corrected chi connectivity index (χ3v) is 8.29. The van der Waals surface area contributed by atoms with Crippen molar-refractivity contribution in [2.24, 2.45) is 23.2 Å². The third kappa shape index (κ3) is 2.90. The summed E-state index contributed by atoms with van der Waals surface area (Å²) in [5.74, 6) is 5.73. The van der Waals surface area contributed by atoms with Gasteiger partial charge in [0.05, 0.1) is 12.0 Å². The van der Waals surface area contributed by atoms with Gasteiger partial charge in [0.1, 0.15) is 11.6 Å². The van der Waals surface area contributed by atoms with E-state index in [-0.39, 0.29) is 17.8 Å². The maximum atomic E-state index is 13.6. The molecule has 6 nitrogen and oxygen atoms in total. The van der Waals surface area contributed by atoms with E-state index in [9.17, 15) is 4.79 Å². The summed E-state index contributed by atoms with van der Waals surface area (Å²) in [7, 11) is 0. The fourth-order valence-corrected chi connectivity index (χ4v) is 7.47. The molecule has 1 N–H and O–H groups in total. The number of carbonyl (C=O) groups excluding carboxylic acids is 1. The molecule has 5 fully saturated rings. The number of rotatable bonds is 2. The molecule has 4 saturated carbocycles. The minimum absolute atomic E-state index is 0. The fraction of sp³-hybridized carbons (Fsp3) is 0.857. The van der Waals surface area contributed by atoms with Gasteiger partial charge in [-0.25, -0.2) is 0 Å². The zero-order chi connectivity index (χ0) is 18.0. The molecule has 3 heterocycles.